The van der Waals surface area contributed by atoms with Crippen molar-refractivity contribution in [3.05, 3.63) is 65.7 Å². The van der Waals surface area contributed by atoms with E-state index in [0.717, 1.165) is 28.9 Å². The van der Waals surface area contributed by atoms with Crippen molar-refractivity contribution in [1.29, 1.82) is 0 Å². The number of rotatable bonds is 7. The van der Waals surface area contributed by atoms with Crippen LogP contribution in [0.1, 0.15) is 24.0 Å². The minimum absolute atomic E-state index is 0.00979. The summed E-state index contributed by atoms with van der Waals surface area (Å²) in [4.78, 5) is 1.16. The Labute approximate surface area is 160 Å². The third kappa shape index (κ3) is 5.58. The van der Waals surface area contributed by atoms with Gasteiger partial charge in [-0.1, -0.05) is 48.0 Å². The molecule has 0 saturated carbocycles. The number of benzene rings is 2. The van der Waals surface area contributed by atoms with E-state index in [1.54, 1.807) is 11.8 Å². The molecule has 4 nitrogen and oxygen atoms in total. The van der Waals surface area contributed by atoms with Gasteiger partial charge in [0.05, 0.1) is 5.75 Å². The lowest BCUT2D eigenvalue weighted by atomic mass is 9.99. The molecule has 1 saturated heterocycles. The van der Waals surface area contributed by atoms with Gasteiger partial charge in [-0.15, -0.1) is 11.8 Å². The lowest BCUT2D eigenvalue weighted by Crippen LogP contribution is -2.44. The fourth-order valence-electron chi connectivity index (χ4n) is 2.99. The lowest BCUT2D eigenvalue weighted by molar-refractivity contribution is 0.0784. The first-order valence-electron chi connectivity index (χ1n) is 8.81. The molecule has 1 fully saturated rings. The summed E-state index contributed by atoms with van der Waals surface area (Å²) in [6, 6.07) is 17.8. The van der Waals surface area contributed by atoms with Gasteiger partial charge in [-0.05, 0) is 37.5 Å². The molecule has 0 aromatic heterocycles. The van der Waals surface area contributed by atoms with E-state index in [-0.39, 0.29) is 10.5 Å². The summed E-state index contributed by atoms with van der Waals surface area (Å²) in [7, 11) is -3.38. The van der Waals surface area contributed by atoms with E-state index >= 15 is 0 Å². The Morgan fingerprint density at radius 1 is 1.04 bits per heavy atom. The standard InChI is InChI=1S/C20H25NO3S2/c1-17-7-9-18(10-8-17)15-26(22,23)21-16-20(11-13-24-14-12-20)25-19-5-3-2-4-6-19/h2-10,21H,11-16H2,1H3. The van der Waals surface area contributed by atoms with Crippen molar-refractivity contribution in [2.75, 3.05) is 19.8 Å². The second-order valence-corrected chi connectivity index (χ2v) is 10.1. The Kier molecular flexibility index (Phi) is 6.40. The van der Waals surface area contributed by atoms with Crippen LogP contribution in [0.3, 0.4) is 0 Å². The highest BCUT2D eigenvalue weighted by atomic mass is 32.2. The molecule has 3 rings (SSSR count). The van der Waals surface area contributed by atoms with Crippen LogP contribution in [-0.4, -0.2) is 32.9 Å². The first kappa shape index (κ1) is 19.4. The number of thioether (sulfide) groups is 1. The molecule has 1 N–H and O–H groups in total. The Hall–Kier alpha value is -1.34. The minimum Gasteiger partial charge on any atom is -0.381 e. The van der Waals surface area contributed by atoms with Crippen LogP contribution in [0.25, 0.3) is 0 Å². The van der Waals surface area contributed by atoms with Gasteiger partial charge in [-0.25, -0.2) is 13.1 Å². The quantitative estimate of drug-likeness (QED) is 0.781. The van der Waals surface area contributed by atoms with Crippen LogP contribution >= 0.6 is 11.8 Å². The van der Waals surface area contributed by atoms with E-state index in [9.17, 15) is 8.42 Å². The molecular formula is C20H25NO3S2. The molecule has 0 radical (unpaired) electrons. The monoisotopic (exact) mass is 391 g/mol. The molecule has 0 aliphatic carbocycles. The largest absolute Gasteiger partial charge is 0.381 e. The Bertz CT molecular complexity index is 799. The Balaban J connectivity index is 1.67. The van der Waals surface area contributed by atoms with E-state index in [2.05, 4.69) is 16.9 Å². The second kappa shape index (κ2) is 8.57. The summed E-state index contributed by atoms with van der Waals surface area (Å²) in [5.41, 5.74) is 1.93. The molecule has 1 heterocycles. The van der Waals surface area contributed by atoms with E-state index in [0.29, 0.717) is 19.8 Å². The highest BCUT2D eigenvalue weighted by Gasteiger charge is 2.35. The number of hydrogen-bond donors (Lipinski definition) is 1. The number of hydrogen-bond acceptors (Lipinski definition) is 4. The molecule has 1 aliphatic rings. The zero-order chi connectivity index (χ0) is 18.5. The average molecular weight is 392 g/mol. The smallest absolute Gasteiger partial charge is 0.215 e. The first-order valence-corrected chi connectivity index (χ1v) is 11.3. The van der Waals surface area contributed by atoms with Crippen LogP contribution in [0.4, 0.5) is 0 Å². The molecule has 1 aliphatic heterocycles. The predicted molar refractivity (Wildman–Crippen MR) is 107 cm³/mol. The third-order valence-corrected chi connectivity index (χ3v) is 7.36. The molecule has 140 valence electrons. The molecule has 0 unspecified atom stereocenters. The fraction of sp³-hybridized carbons (Fsp3) is 0.400. The van der Waals surface area contributed by atoms with Gasteiger partial charge >= 0.3 is 0 Å². The van der Waals surface area contributed by atoms with Crippen LogP contribution in [0.5, 0.6) is 0 Å². The highest BCUT2D eigenvalue weighted by Crippen LogP contribution is 2.40. The summed E-state index contributed by atoms with van der Waals surface area (Å²) < 4.78 is 33.3. The van der Waals surface area contributed by atoms with Crippen LogP contribution in [0.15, 0.2) is 59.5 Å². The zero-order valence-corrected chi connectivity index (χ0v) is 16.6. The summed E-state index contributed by atoms with van der Waals surface area (Å²) in [5.74, 6) is 0.00979. The molecule has 0 amide bonds. The van der Waals surface area contributed by atoms with Crippen molar-refractivity contribution in [2.45, 2.75) is 35.2 Å². The second-order valence-electron chi connectivity index (χ2n) is 6.78. The maximum atomic E-state index is 12.6. The topological polar surface area (TPSA) is 55.4 Å². The molecule has 0 spiro atoms. The summed E-state index contributed by atoms with van der Waals surface area (Å²) in [6.45, 7) is 3.75. The van der Waals surface area contributed by atoms with Gasteiger partial charge in [0.15, 0.2) is 0 Å². The van der Waals surface area contributed by atoms with Crippen molar-refractivity contribution >= 4 is 21.8 Å². The number of nitrogens with one attached hydrogen (secondary N) is 1. The van der Waals surface area contributed by atoms with Crippen molar-refractivity contribution in [3.63, 3.8) is 0 Å². The van der Waals surface area contributed by atoms with Crippen LogP contribution in [0, 0.1) is 6.92 Å². The minimum atomic E-state index is -3.38. The molecule has 26 heavy (non-hydrogen) atoms. The van der Waals surface area contributed by atoms with Gasteiger partial charge in [0.25, 0.3) is 0 Å². The number of sulfonamides is 1. The maximum Gasteiger partial charge on any atom is 0.215 e. The third-order valence-electron chi connectivity index (χ3n) is 4.57. The molecule has 2 aromatic rings. The zero-order valence-electron chi connectivity index (χ0n) is 15.0. The predicted octanol–water partition coefficient (Wildman–Crippen LogP) is 3.76. The van der Waals surface area contributed by atoms with Crippen molar-refractivity contribution in [1.82, 2.24) is 4.72 Å². The van der Waals surface area contributed by atoms with Crippen molar-refractivity contribution < 1.29 is 13.2 Å². The molecule has 6 heteroatoms. The Morgan fingerprint density at radius 2 is 1.69 bits per heavy atom. The van der Waals surface area contributed by atoms with Gasteiger partial charge in [0.2, 0.25) is 10.0 Å². The average Bonchev–Trinajstić information content (AvgIpc) is 2.64. The SMILES string of the molecule is Cc1ccc(CS(=O)(=O)NCC2(Sc3ccccc3)CCOCC2)cc1. The van der Waals surface area contributed by atoms with Gasteiger partial charge in [0.1, 0.15) is 0 Å². The van der Waals surface area contributed by atoms with Crippen LogP contribution < -0.4 is 4.72 Å². The lowest BCUT2D eigenvalue weighted by Gasteiger charge is -2.36. The Morgan fingerprint density at radius 3 is 2.35 bits per heavy atom. The van der Waals surface area contributed by atoms with Gasteiger partial charge in [0, 0.05) is 29.4 Å². The normalized spacial score (nSPS) is 17.1. The van der Waals surface area contributed by atoms with Crippen molar-refractivity contribution in [3.8, 4) is 0 Å². The fourth-order valence-corrected chi connectivity index (χ4v) is 5.62. The summed E-state index contributed by atoms with van der Waals surface area (Å²) >= 11 is 1.75. The van der Waals surface area contributed by atoms with Crippen LogP contribution in [0.2, 0.25) is 0 Å². The van der Waals surface area contributed by atoms with Crippen LogP contribution in [-0.2, 0) is 20.5 Å². The molecular weight excluding hydrogens is 366 g/mol. The summed E-state index contributed by atoms with van der Waals surface area (Å²) in [6.07, 6.45) is 1.67. The highest BCUT2D eigenvalue weighted by molar-refractivity contribution is 8.00. The van der Waals surface area contributed by atoms with Gasteiger partial charge < -0.3 is 4.74 Å². The van der Waals surface area contributed by atoms with E-state index < -0.39 is 10.0 Å². The molecule has 0 atom stereocenters. The van der Waals surface area contributed by atoms with E-state index in [1.807, 2.05) is 49.4 Å². The molecule has 2 aromatic carbocycles. The van der Waals surface area contributed by atoms with Gasteiger partial charge in [-0.3, -0.25) is 0 Å². The molecule has 0 bridgehead atoms. The number of ether oxygens (including phenoxy) is 1. The van der Waals surface area contributed by atoms with E-state index in [4.69, 9.17) is 4.74 Å². The van der Waals surface area contributed by atoms with Crippen molar-refractivity contribution in [2.24, 2.45) is 0 Å². The maximum absolute atomic E-state index is 12.6. The summed E-state index contributed by atoms with van der Waals surface area (Å²) in [5, 5.41) is 0. The number of aryl methyl sites for hydroxylation is 1. The van der Waals surface area contributed by atoms with Gasteiger partial charge in [-0.2, -0.15) is 0 Å². The first-order chi connectivity index (χ1) is 12.5. The van der Waals surface area contributed by atoms with E-state index in [1.165, 1.54) is 0 Å².